The van der Waals surface area contributed by atoms with Crippen LogP contribution >= 0.6 is 0 Å². The highest BCUT2D eigenvalue weighted by molar-refractivity contribution is 5.87. The molecule has 25 heavy (non-hydrogen) atoms. The highest BCUT2D eigenvalue weighted by Gasteiger charge is 2.23. The Hall–Kier alpha value is -2.24. The van der Waals surface area contributed by atoms with Gasteiger partial charge >= 0.3 is 0 Å². The highest BCUT2D eigenvalue weighted by atomic mass is 16.5. The van der Waals surface area contributed by atoms with Crippen molar-refractivity contribution in [3.05, 3.63) is 23.8 Å². The lowest BCUT2D eigenvalue weighted by molar-refractivity contribution is -0.130. The summed E-state index contributed by atoms with van der Waals surface area (Å²) < 4.78 is 10.5. The molecule has 0 aliphatic rings. The van der Waals surface area contributed by atoms with Gasteiger partial charge in [0.15, 0.2) is 11.5 Å². The highest BCUT2D eigenvalue weighted by Crippen LogP contribution is 2.27. The molecule has 140 valence electrons. The quantitative estimate of drug-likeness (QED) is 0.679. The number of hydrogen-bond donors (Lipinski definition) is 2. The maximum atomic E-state index is 12.4. The predicted molar refractivity (Wildman–Crippen MR) is 97.9 cm³/mol. The number of methoxy groups -OCH3 is 2. The fourth-order valence-electron chi connectivity index (χ4n) is 2.48. The fraction of sp³-hybridized carbons (Fsp3) is 0.579. The second kappa shape index (κ2) is 10.6. The summed E-state index contributed by atoms with van der Waals surface area (Å²) in [7, 11) is 3.19. The van der Waals surface area contributed by atoms with Crippen LogP contribution in [0.15, 0.2) is 18.2 Å². The van der Waals surface area contributed by atoms with E-state index >= 15 is 0 Å². The van der Waals surface area contributed by atoms with Gasteiger partial charge in [-0.3, -0.25) is 9.59 Å². The fourth-order valence-corrected chi connectivity index (χ4v) is 2.48. The Morgan fingerprint density at radius 2 is 1.80 bits per heavy atom. The minimum atomic E-state index is -0.510. The van der Waals surface area contributed by atoms with Gasteiger partial charge in [-0.2, -0.15) is 0 Å². The first-order chi connectivity index (χ1) is 11.9. The predicted octanol–water partition coefficient (Wildman–Crippen LogP) is 2.30. The Labute approximate surface area is 150 Å². The minimum absolute atomic E-state index is 0.0295. The van der Waals surface area contributed by atoms with Gasteiger partial charge in [0.2, 0.25) is 11.8 Å². The second-order valence-electron chi connectivity index (χ2n) is 6.27. The van der Waals surface area contributed by atoms with Crippen molar-refractivity contribution in [2.75, 3.05) is 20.8 Å². The average Bonchev–Trinajstić information content (AvgIpc) is 2.59. The molecule has 0 saturated heterocycles. The first-order valence-electron chi connectivity index (χ1n) is 8.70. The minimum Gasteiger partial charge on any atom is -0.493 e. The van der Waals surface area contributed by atoms with E-state index in [9.17, 15) is 9.59 Å². The zero-order chi connectivity index (χ0) is 18.8. The largest absolute Gasteiger partial charge is 0.493 e. The Balaban J connectivity index is 2.58. The number of nitrogens with one attached hydrogen (secondary N) is 2. The smallest absolute Gasteiger partial charge is 0.242 e. The maximum absolute atomic E-state index is 12.4. The average molecular weight is 350 g/mol. The van der Waals surface area contributed by atoms with Crippen molar-refractivity contribution in [3.8, 4) is 11.5 Å². The summed E-state index contributed by atoms with van der Waals surface area (Å²) in [6.45, 7) is 6.27. The van der Waals surface area contributed by atoms with Gasteiger partial charge in [-0.1, -0.05) is 26.8 Å². The van der Waals surface area contributed by atoms with Gasteiger partial charge in [0.05, 0.1) is 14.2 Å². The molecule has 0 aromatic heterocycles. The third-order valence-electron chi connectivity index (χ3n) is 3.90. The van der Waals surface area contributed by atoms with E-state index in [4.69, 9.17) is 9.47 Å². The van der Waals surface area contributed by atoms with Crippen molar-refractivity contribution in [2.24, 2.45) is 5.92 Å². The van der Waals surface area contributed by atoms with Crippen LogP contribution in [0, 0.1) is 5.92 Å². The standard InChI is InChI=1S/C19H30N2O4/c1-6-7-17(22)21-18(13(2)3)19(23)20-11-10-14-8-9-15(24-4)16(12-14)25-5/h8-9,12-13,18H,6-7,10-11H2,1-5H3,(H,20,23)(H,21,22). The molecule has 2 amide bonds. The number of ether oxygens (including phenoxy) is 2. The molecule has 1 aromatic carbocycles. The molecule has 1 rings (SSSR count). The Bertz CT molecular complexity index is 573. The summed E-state index contributed by atoms with van der Waals surface area (Å²) in [6, 6.07) is 5.17. The van der Waals surface area contributed by atoms with E-state index in [1.54, 1.807) is 14.2 Å². The van der Waals surface area contributed by atoms with Crippen LogP contribution in [0.2, 0.25) is 0 Å². The number of amides is 2. The summed E-state index contributed by atoms with van der Waals surface area (Å²) in [4.78, 5) is 24.1. The van der Waals surface area contributed by atoms with Gasteiger partial charge < -0.3 is 20.1 Å². The van der Waals surface area contributed by atoms with Crippen LogP contribution in [0.25, 0.3) is 0 Å². The number of carbonyl (C=O) groups excluding carboxylic acids is 2. The summed E-state index contributed by atoms with van der Waals surface area (Å²) in [5, 5.41) is 5.71. The van der Waals surface area contributed by atoms with Crippen LogP contribution in [0.3, 0.4) is 0 Å². The van der Waals surface area contributed by atoms with Crippen molar-refractivity contribution in [1.82, 2.24) is 10.6 Å². The number of rotatable bonds is 10. The van der Waals surface area contributed by atoms with E-state index in [0.29, 0.717) is 30.9 Å². The Kier molecular flexibility index (Phi) is 8.81. The van der Waals surface area contributed by atoms with Crippen LogP contribution in [0.5, 0.6) is 11.5 Å². The molecule has 1 aromatic rings. The van der Waals surface area contributed by atoms with Crippen molar-refractivity contribution < 1.29 is 19.1 Å². The van der Waals surface area contributed by atoms with Crippen LogP contribution in [0.4, 0.5) is 0 Å². The SMILES string of the molecule is CCCC(=O)NC(C(=O)NCCc1ccc(OC)c(OC)c1)C(C)C. The van der Waals surface area contributed by atoms with E-state index in [2.05, 4.69) is 10.6 Å². The molecule has 0 bridgehead atoms. The van der Waals surface area contributed by atoms with Crippen LogP contribution < -0.4 is 20.1 Å². The summed E-state index contributed by atoms with van der Waals surface area (Å²) in [5.74, 6) is 1.13. The molecular weight excluding hydrogens is 320 g/mol. The molecular formula is C19H30N2O4. The normalized spacial score (nSPS) is 11.8. The molecule has 0 heterocycles. The van der Waals surface area contributed by atoms with Crippen molar-refractivity contribution in [2.45, 2.75) is 46.1 Å². The molecule has 1 atom stereocenters. The van der Waals surface area contributed by atoms with Gasteiger partial charge in [0, 0.05) is 13.0 Å². The summed E-state index contributed by atoms with van der Waals surface area (Å²) in [5.41, 5.74) is 1.04. The monoisotopic (exact) mass is 350 g/mol. The third-order valence-corrected chi connectivity index (χ3v) is 3.90. The van der Waals surface area contributed by atoms with E-state index < -0.39 is 6.04 Å². The second-order valence-corrected chi connectivity index (χ2v) is 6.27. The first-order valence-corrected chi connectivity index (χ1v) is 8.70. The van der Waals surface area contributed by atoms with Gasteiger partial charge in [0.1, 0.15) is 6.04 Å². The lowest BCUT2D eigenvalue weighted by atomic mass is 10.0. The van der Waals surface area contributed by atoms with Crippen LogP contribution in [-0.2, 0) is 16.0 Å². The van der Waals surface area contributed by atoms with E-state index in [1.165, 1.54) is 0 Å². The molecule has 0 saturated carbocycles. The Morgan fingerprint density at radius 3 is 2.36 bits per heavy atom. The summed E-state index contributed by atoms with van der Waals surface area (Å²) >= 11 is 0. The van der Waals surface area contributed by atoms with E-state index in [0.717, 1.165) is 12.0 Å². The molecule has 0 radical (unpaired) electrons. The molecule has 6 nitrogen and oxygen atoms in total. The number of benzene rings is 1. The Morgan fingerprint density at radius 1 is 1.12 bits per heavy atom. The zero-order valence-corrected chi connectivity index (χ0v) is 15.8. The van der Waals surface area contributed by atoms with Crippen molar-refractivity contribution in [3.63, 3.8) is 0 Å². The molecule has 0 spiro atoms. The van der Waals surface area contributed by atoms with Crippen molar-refractivity contribution >= 4 is 11.8 Å². The molecule has 0 aliphatic heterocycles. The molecule has 0 aliphatic carbocycles. The van der Waals surface area contributed by atoms with Gasteiger partial charge in [-0.15, -0.1) is 0 Å². The molecule has 1 unspecified atom stereocenters. The summed E-state index contributed by atoms with van der Waals surface area (Å²) in [6.07, 6.45) is 1.86. The van der Waals surface area contributed by atoms with Gasteiger partial charge in [0.25, 0.3) is 0 Å². The topological polar surface area (TPSA) is 76.7 Å². The van der Waals surface area contributed by atoms with Crippen LogP contribution in [-0.4, -0.2) is 38.6 Å². The number of hydrogen-bond acceptors (Lipinski definition) is 4. The number of carbonyl (C=O) groups is 2. The van der Waals surface area contributed by atoms with Gasteiger partial charge in [-0.25, -0.2) is 0 Å². The molecule has 2 N–H and O–H groups in total. The van der Waals surface area contributed by atoms with Crippen LogP contribution in [0.1, 0.15) is 39.2 Å². The zero-order valence-electron chi connectivity index (χ0n) is 15.8. The lowest BCUT2D eigenvalue weighted by Gasteiger charge is -2.21. The van der Waals surface area contributed by atoms with Crippen molar-refractivity contribution in [1.29, 1.82) is 0 Å². The van der Waals surface area contributed by atoms with E-state index in [1.807, 2.05) is 39.0 Å². The molecule has 0 fully saturated rings. The van der Waals surface area contributed by atoms with E-state index in [-0.39, 0.29) is 17.7 Å². The molecule has 6 heteroatoms. The van der Waals surface area contributed by atoms with Gasteiger partial charge in [-0.05, 0) is 36.5 Å². The third kappa shape index (κ3) is 6.64. The maximum Gasteiger partial charge on any atom is 0.242 e. The first kappa shape index (κ1) is 20.8. The lowest BCUT2D eigenvalue weighted by Crippen LogP contribution is -2.50.